The van der Waals surface area contributed by atoms with Gasteiger partial charge in [0.1, 0.15) is 5.82 Å². The van der Waals surface area contributed by atoms with Crippen molar-refractivity contribution in [3.05, 3.63) is 247 Å². The molecule has 0 fully saturated rings. The Kier molecular flexibility index (Phi) is 8.24. The van der Waals surface area contributed by atoms with Crippen LogP contribution in [0, 0.1) is 18.8 Å². The van der Waals surface area contributed by atoms with Gasteiger partial charge in [0.25, 0.3) is 0 Å². The fourth-order valence-electron chi connectivity index (χ4n) is 9.01. The van der Waals surface area contributed by atoms with Crippen LogP contribution in [0.1, 0.15) is 63.7 Å². The smallest absolute Gasteiger partial charge is 0.135 e. The first-order valence-electron chi connectivity index (χ1n) is 26.2. The van der Waals surface area contributed by atoms with Crippen molar-refractivity contribution in [3.8, 4) is 28.1 Å². The predicted molar refractivity (Wildman–Crippen MR) is 266 cm³/mol. The Morgan fingerprint density at radius 2 is 1.15 bits per heavy atom. The van der Waals surface area contributed by atoms with Crippen LogP contribution >= 0.6 is 0 Å². The molecule has 0 atom stereocenters. The number of pyridine rings is 1. The summed E-state index contributed by atoms with van der Waals surface area (Å²) < 4.78 is 89.7. The maximum absolute atomic E-state index is 9.07. The van der Waals surface area contributed by atoms with E-state index in [9.17, 15) is 0 Å². The van der Waals surface area contributed by atoms with Gasteiger partial charge in [0.05, 0.1) is 13.7 Å². The standard InChI is InChI=1S/C60H47N4.Pt/c1-59(2,44-24-12-7-13-25-44)47-36-37-61-57(40-47)64-53-31-15-14-28-51(53)52-35-34-46(39-56(52)64)60(3,4)45-26-18-27-48(38-45)62-41-63(55-33-17-16-32-54(55)62)58-49(42-20-8-5-9-21-42)29-19-30-50(58)43-22-10-6-11-23-43;/h5-37,40-41H,1-4H3;/q-3;/i5D,6D,8D,9D,10D,11D,20D,21D,22D,23D;. The molecule has 3 heterocycles. The van der Waals surface area contributed by atoms with Crippen LogP contribution in [0.25, 0.3) is 49.9 Å². The van der Waals surface area contributed by atoms with Crippen LogP contribution in [-0.2, 0) is 31.9 Å². The molecule has 65 heavy (non-hydrogen) atoms. The van der Waals surface area contributed by atoms with Gasteiger partial charge < -0.3 is 14.4 Å². The first-order chi connectivity index (χ1) is 35.4. The normalized spacial score (nSPS) is 14.8. The molecule has 1 aliphatic heterocycles. The number of hydrogen-bond acceptors (Lipinski definition) is 3. The van der Waals surface area contributed by atoms with Crippen molar-refractivity contribution in [2.75, 3.05) is 9.80 Å². The third kappa shape index (κ3) is 7.27. The molecule has 0 unspecified atom stereocenters. The van der Waals surface area contributed by atoms with Gasteiger partial charge in [-0.15, -0.1) is 17.7 Å². The van der Waals surface area contributed by atoms with Crippen LogP contribution in [0.2, 0.25) is 0 Å². The summed E-state index contributed by atoms with van der Waals surface area (Å²) in [6, 6.07) is 48.3. The molecule has 1 aliphatic rings. The first-order valence-corrected chi connectivity index (χ1v) is 21.2. The minimum Gasteiger partial charge on any atom is -0.493 e. The second-order valence-electron chi connectivity index (χ2n) is 17.0. The fraction of sp³-hybridized carbons (Fsp3) is 0.100. The molecular weight excluding hydrogens is 972 g/mol. The molecule has 5 heteroatoms. The Morgan fingerprint density at radius 3 is 1.86 bits per heavy atom. The maximum Gasteiger partial charge on any atom is 0.135 e. The van der Waals surface area contributed by atoms with Gasteiger partial charge in [0.15, 0.2) is 0 Å². The van der Waals surface area contributed by atoms with Gasteiger partial charge in [0, 0.05) is 66.4 Å². The maximum atomic E-state index is 9.07. The SMILES string of the molecule is [2H]c1c([2H])c([2H])c(-c2cccc(-c3c([2H])c([2H])c([2H])c([2H])c3[2H])c2N2[CH-]N(c3[c-]c(C(C)(C)c4[c-]c5c(cc4)c4ccccc4n5-c4cc(C(C)(C)c5ccccc5)ccn4)ccc3)c3ccccc32)c([2H])c1[2H].[Pt]. The summed E-state index contributed by atoms with van der Waals surface area (Å²) in [5, 5.41) is 2.13. The van der Waals surface area contributed by atoms with E-state index in [1.807, 2.05) is 71.8 Å². The molecule has 0 radical (unpaired) electrons. The van der Waals surface area contributed by atoms with Crippen molar-refractivity contribution in [2.45, 2.75) is 38.5 Å². The molecule has 2 aromatic heterocycles. The van der Waals surface area contributed by atoms with Gasteiger partial charge in [-0.05, 0) is 63.4 Å². The van der Waals surface area contributed by atoms with Gasteiger partial charge in [0.2, 0.25) is 0 Å². The summed E-state index contributed by atoms with van der Waals surface area (Å²) in [7, 11) is 0. The summed E-state index contributed by atoms with van der Waals surface area (Å²) in [5.41, 5.74) is 7.50. The van der Waals surface area contributed by atoms with Crippen molar-refractivity contribution in [1.82, 2.24) is 9.55 Å². The zero-order valence-corrected chi connectivity index (χ0v) is 38.3. The molecule has 0 aliphatic carbocycles. The molecule has 8 aromatic carbocycles. The molecule has 0 N–H and O–H groups in total. The molecule has 0 amide bonds. The number of anilines is 4. The van der Waals surface area contributed by atoms with Crippen molar-refractivity contribution >= 4 is 44.6 Å². The predicted octanol–water partition coefficient (Wildman–Crippen LogP) is 15.2. The largest absolute Gasteiger partial charge is 0.493 e. The van der Waals surface area contributed by atoms with E-state index in [1.54, 1.807) is 29.8 Å². The van der Waals surface area contributed by atoms with Crippen LogP contribution < -0.4 is 9.80 Å². The van der Waals surface area contributed by atoms with E-state index in [2.05, 4.69) is 105 Å². The molecule has 11 rings (SSSR count). The van der Waals surface area contributed by atoms with Gasteiger partial charge in [-0.3, -0.25) is 0 Å². The summed E-state index contributed by atoms with van der Waals surface area (Å²) in [5.74, 6) is 0.785. The summed E-state index contributed by atoms with van der Waals surface area (Å²) in [6.07, 6.45) is 1.88. The van der Waals surface area contributed by atoms with E-state index in [4.69, 9.17) is 18.7 Å². The number of fused-ring (bicyclic) bond motifs is 4. The van der Waals surface area contributed by atoms with Crippen molar-refractivity contribution in [2.24, 2.45) is 0 Å². The van der Waals surface area contributed by atoms with Crippen LogP contribution in [0.5, 0.6) is 0 Å². The third-order valence-corrected chi connectivity index (χ3v) is 12.6. The van der Waals surface area contributed by atoms with Crippen LogP contribution in [0.3, 0.4) is 0 Å². The zero-order valence-electron chi connectivity index (χ0n) is 46.0. The number of aromatic nitrogens is 2. The van der Waals surface area contributed by atoms with Crippen molar-refractivity contribution in [1.29, 1.82) is 0 Å². The summed E-state index contributed by atoms with van der Waals surface area (Å²) >= 11 is 0. The average Bonchev–Trinajstić information content (AvgIpc) is 3.97. The Balaban J connectivity index is 0.00000641. The van der Waals surface area contributed by atoms with Gasteiger partial charge in [-0.2, -0.15) is 53.6 Å². The molecule has 0 bridgehead atoms. The second kappa shape index (κ2) is 16.8. The van der Waals surface area contributed by atoms with Crippen LogP contribution in [0.4, 0.5) is 22.7 Å². The number of rotatable bonds is 9. The quantitative estimate of drug-likeness (QED) is 0.135. The first kappa shape index (κ1) is 31.8. The van der Waals surface area contributed by atoms with E-state index in [0.717, 1.165) is 44.3 Å². The summed E-state index contributed by atoms with van der Waals surface area (Å²) in [6.45, 7) is 10.5. The van der Waals surface area contributed by atoms with E-state index < -0.39 is 65.8 Å². The monoisotopic (exact) mass is 1030 g/mol. The molecule has 0 saturated carbocycles. The van der Waals surface area contributed by atoms with Crippen molar-refractivity contribution < 1.29 is 34.8 Å². The van der Waals surface area contributed by atoms with E-state index in [-0.39, 0.29) is 54.4 Å². The van der Waals surface area contributed by atoms with Gasteiger partial charge in [-0.1, -0.05) is 172 Å². The minimum absolute atomic E-state index is 0. The van der Waals surface area contributed by atoms with Crippen LogP contribution in [-0.4, -0.2) is 9.55 Å². The van der Waals surface area contributed by atoms with Gasteiger partial charge in [-0.25, -0.2) is 4.98 Å². The molecule has 10 aromatic rings. The Morgan fingerprint density at radius 1 is 0.538 bits per heavy atom. The third-order valence-electron chi connectivity index (χ3n) is 12.6. The molecular formula is C60H47N4Pt-3. The number of hydrogen-bond donors (Lipinski definition) is 0. The zero-order chi connectivity index (χ0) is 52.1. The van der Waals surface area contributed by atoms with E-state index in [1.165, 1.54) is 5.56 Å². The van der Waals surface area contributed by atoms with Crippen LogP contribution in [0.15, 0.2) is 206 Å². The molecule has 320 valence electrons. The molecule has 0 spiro atoms. The number of para-hydroxylation sites is 4. The fourth-order valence-corrected chi connectivity index (χ4v) is 9.01. The second-order valence-corrected chi connectivity index (χ2v) is 17.0. The molecule has 4 nitrogen and oxygen atoms in total. The topological polar surface area (TPSA) is 24.3 Å². The minimum atomic E-state index is -0.656. The Bertz CT molecular complexity index is 3790. The van der Waals surface area contributed by atoms with E-state index in [0.29, 0.717) is 17.1 Å². The number of nitrogens with zero attached hydrogens (tertiary/aromatic N) is 4. The van der Waals surface area contributed by atoms with Crippen molar-refractivity contribution in [3.63, 3.8) is 0 Å². The van der Waals surface area contributed by atoms with Gasteiger partial charge >= 0.3 is 0 Å². The Hall–Kier alpha value is -7.00. The average molecular weight is 1030 g/mol. The Labute approximate surface area is 410 Å². The summed E-state index contributed by atoms with van der Waals surface area (Å²) in [4.78, 5) is 8.70. The van der Waals surface area contributed by atoms with E-state index >= 15 is 0 Å². The molecule has 0 saturated heterocycles. The number of benzene rings is 8.